The Labute approximate surface area is 166 Å². The van der Waals surface area contributed by atoms with Gasteiger partial charge in [-0.2, -0.15) is 5.01 Å². The molecule has 0 radical (unpaired) electrons. The number of nitrogens with one attached hydrogen (secondary N) is 1. The number of benzene rings is 2. The van der Waals surface area contributed by atoms with Gasteiger partial charge in [-0.15, -0.1) is 0 Å². The highest BCUT2D eigenvalue weighted by molar-refractivity contribution is 8.26. The van der Waals surface area contributed by atoms with Crippen molar-refractivity contribution in [1.82, 2.24) is 10.4 Å². The molecule has 1 fully saturated rings. The smallest absolute Gasteiger partial charge is 0.285 e. The van der Waals surface area contributed by atoms with E-state index in [1.807, 2.05) is 43.3 Å². The molecule has 0 bridgehead atoms. The predicted molar refractivity (Wildman–Crippen MR) is 111 cm³/mol. The quantitative estimate of drug-likeness (QED) is 0.606. The summed E-state index contributed by atoms with van der Waals surface area (Å²) in [5.74, 6) is -1.19. The Morgan fingerprint density at radius 3 is 2.52 bits per heavy atom. The molecule has 0 aromatic heterocycles. The van der Waals surface area contributed by atoms with Crippen molar-refractivity contribution in [2.24, 2.45) is 0 Å². The minimum Gasteiger partial charge on any atom is -0.507 e. The minimum absolute atomic E-state index is 0.0654. The molecule has 1 heterocycles. The number of phenolic OH excluding ortho intramolecular Hbond substituents is 1. The molecule has 0 saturated carbocycles. The maximum atomic E-state index is 12.6. The Balaban J connectivity index is 1.76. The van der Waals surface area contributed by atoms with Gasteiger partial charge < -0.3 is 5.11 Å². The summed E-state index contributed by atoms with van der Waals surface area (Å²) in [6.07, 6.45) is 3.69. The molecule has 1 aliphatic rings. The zero-order valence-electron chi connectivity index (χ0n) is 14.4. The van der Waals surface area contributed by atoms with Gasteiger partial charge in [-0.1, -0.05) is 60.3 Å². The van der Waals surface area contributed by atoms with Crippen LogP contribution >= 0.6 is 24.0 Å². The third-order valence-corrected chi connectivity index (χ3v) is 5.01. The van der Waals surface area contributed by atoms with Crippen molar-refractivity contribution >= 4 is 46.2 Å². The van der Waals surface area contributed by atoms with Gasteiger partial charge in [-0.25, -0.2) is 0 Å². The first-order chi connectivity index (χ1) is 13.0. The second-order valence-corrected chi connectivity index (χ2v) is 7.45. The fourth-order valence-corrected chi connectivity index (χ4v) is 3.68. The summed E-state index contributed by atoms with van der Waals surface area (Å²) in [7, 11) is 0. The van der Waals surface area contributed by atoms with Crippen molar-refractivity contribution < 1.29 is 14.7 Å². The number of amides is 2. The average molecular weight is 396 g/mol. The lowest BCUT2D eigenvalue weighted by molar-refractivity contribution is -0.123. The van der Waals surface area contributed by atoms with Crippen LogP contribution in [0.2, 0.25) is 0 Å². The van der Waals surface area contributed by atoms with E-state index in [1.54, 1.807) is 18.2 Å². The van der Waals surface area contributed by atoms with Gasteiger partial charge >= 0.3 is 0 Å². The van der Waals surface area contributed by atoms with Crippen LogP contribution in [0.15, 0.2) is 71.2 Å². The summed E-state index contributed by atoms with van der Waals surface area (Å²) in [5, 5.41) is 10.8. The maximum Gasteiger partial charge on any atom is 0.285 e. The number of hydrogen-bond acceptors (Lipinski definition) is 5. The number of phenols is 1. The van der Waals surface area contributed by atoms with Crippen LogP contribution in [0.5, 0.6) is 5.75 Å². The van der Waals surface area contributed by atoms with Gasteiger partial charge in [0.05, 0.1) is 10.5 Å². The molecule has 2 amide bonds. The van der Waals surface area contributed by atoms with E-state index in [4.69, 9.17) is 12.2 Å². The molecule has 2 aromatic carbocycles. The van der Waals surface area contributed by atoms with E-state index in [-0.39, 0.29) is 15.6 Å². The Kier molecular flexibility index (Phi) is 5.73. The zero-order valence-corrected chi connectivity index (χ0v) is 16.0. The first-order valence-electron chi connectivity index (χ1n) is 8.06. The third kappa shape index (κ3) is 4.45. The van der Waals surface area contributed by atoms with Crippen LogP contribution in [-0.4, -0.2) is 26.3 Å². The predicted octanol–water partition coefficient (Wildman–Crippen LogP) is 3.88. The van der Waals surface area contributed by atoms with Crippen molar-refractivity contribution in [3.8, 4) is 5.75 Å². The number of para-hydroxylation sites is 1. The number of thioether (sulfide) groups is 1. The molecule has 0 unspecified atom stereocenters. The lowest BCUT2D eigenvalue weighted by Crippen LogP contribution is -2.44. The Morgan fingerprint density at radius 1 is 1.15 bits per heavy atom. The number of thiocarbonyl (C=S) groups is 1. The van der Waals surface area contributed by atoms with Gasteiger partial charge in [-0.05, 0) is 48.5 Å². The van der Waals surface area contributed by atoms with Crippen molar-refractivity contribution in [2.75, 3.05) is 0 Å². The van der Waals surface area contributed by atoms with Gasteiger partial charge in [0.15, 0.2) is 4.32 Å². The summed E-state index contributed by atoms with van der Waals surface area (Å²) >= 11 is 6.32. The summed E-state index contributed by atoms with van der Waals surface area (Å²) in [5.41, 5.74) is 4.42. The highest BCUT2D eigenvalue weighted by atomic mass is 32.2. The molecule has 2 N–H and O–H groups in total. The van der Waals surface area contributed by atoms with E-state index in [9.17, 15) is 14.7 Å². The monoisotopic (exact) mass is 396 g/mol. The van der Waals surface area contributed by atoms with Crippen LogP contribution in [-0.2, 0) is 4.79 Å². The Morgan fingerprint density at radius 2 is 1.81 bits per heavy atom. The molecule has 1 aliphatic heterocycles. The Bertz CT molecular complexity index is 968. The second kappa shape index (κ2) is 8.20. The van der Waals surface area contributed by atoms with Gasteiger partial charge in [0.25, 0.3) is 11.8 Å². The first kappa shape index (κ1) is 18.9. The molecule has 2 aromatic rings. The summed E-state index contributed by atoms with van der Waals surface area (Å²) in [6, 6.07) is 15.8. The molecule has 0 aliphatic carbocycles. The lowest BCUT2D eigenvalue weighted by atomic mass is 10.1. The highest BCUT2D eigenvalue weighted by Gasteiger charge is 2.34. The van der Waals surface area contributed by atoms with E-state index in [0.717, 1.165) is 27.9 Å². The number of carbonyl (C=O) groups is 2. The maximum absolute atomic E-state index is 12.6. The molecule has 27 heavy (non-hydrogen) atoms. The van der Waals surface area contributed by atoms with E-state index in [1.165, 1.54) is 12.1 Å². The second-order valence-electron chi connectivity index (χ2n) is 5.77. The average Bonchev–Trinajstić information content (AvgIpc) is 2.90. The largest absolute Gasteiger partial charge is 0.507 e. The van der Waals surface area contributed by atoms with Crippen LogP contribution in [0.25, 0.3) is 6.08 Å². The van der Waals surface area contributed by atoms with Crippen LogP contribution in [0, 0.1) is 0 Å². The summed E-state index contributed by atoms with van der Waals surface area (Å²) in [4.78, 5) is 25.3. The van der Waals surface area contributed by atoms with Crippen molar-refractivity contribution in [3.63, 3.8) is 0 Å². The van der Waals surface area contributed by atoms with Crippen LogP contribution in [0.3, 0.4) is 0 Å². The molecular weight excluding hydrogens is 380 g/mol. The topological polar surface area (TPSA) is 69.6 Å². The molecule has 1 saturated heterocycles. The van der Waals surface area contributed by atoms with Crippen LogP contribution < -0.4 is 5.43 Å². The van der Waals surface area contributed by atoms with Gasteiger partial charge in [-0.3, -0.25) is 15.0 Å². The van der Waals surface area contributed by atoms with E-state index in [0.29, 0.717) is 4.91 Å². The molecule has 0 spiro atoms. The standard InChI is InChI=1S/C20H16N2O3S2/c1-13(11-14-7-3-2-4-8-14)12-17-19(25)22(20(26)27-17)21-18(24)15-9-5-6-10-16(15)23/h2-12,23H,1H3,(H,21,24). The van der Waals surface area contributed by atoms with E-state index >= 15 is 0 Å². The van der Waals surface area contributed by atoms with Crippen molar-refractivity contribution in [3.05, 3.63) is 82.3 Å². The number of nitrogens with zero attached hydrogens (tertiary/aromatic N) is 1. The summed E-state index contributed by atoms with van der Waals surface area (Å²) < 4.78 is 0.225. The molecule has 0 atom stereocenters. The van der Waals surface area contributed by atoms with E-state index in [2.05, 4.69) is 5.43 Å². The van der Waals surface area contributed by atoms with Gasteiger partial charge in [0.2, 0.25) is 0 Å². The number of aromatic hydroxyl groups is 1. The Hall–Kier alpha value is -2.90. The number of hydrogen-bond donors (Lipinski definition) is 2. The normalized spacial score (nSPS) is 16.1. The van der Waals surface area contributed by atoms with E-state index < -0.39 is 11.8 Å². The molecular formula is C20H16N2O3S2. The number of hydrazine groups is 1. The SMILES string of the molecule is CC(=Cc1ccccc1)C=C1SC(=S)N(NC(=O)c2ccccc2O)C1=O. The lowest BCUT2D eigenvalue weighted by Gasteiger charge is -2.16. The molecule has 7 heteroatoms. The number of rotatable bonds is 4. The van der Waals surface area contributed by atoms with Crippen molar-refractivity contribution in [1.29, 1.82) is 0 Å². The number of carbonyl (C=O) groups excluding carboxylic acids is 2. The molecule has 136 valence electrons. The molecule has 5 nitrogen and oxygen atoms in total. The zero-order chi connectivity index (χ0) is 19.4. The fraction of sp³-hybridized carbons (Fsp3) is 0.0500. The third-order valence-electron chi connectivity index (χ3n) is 3.71. The van der Waals surface area contributed by atoms with Crippen LogP contribution in [0.4, 0.5) is 0 Å². The van der Waals surface area contributed by atoms with Gasteiger partial charge in [0, 0.05) is 0 Å². The van der Waals surface area contributed by atoms with Crippen LogP contribution in [0.1, 0.15) is 22.8 Å². The fourth-order valence-electron chi connectivity index (χ4n) is 2.45. The minimum atomic E-state index is -0.609. The van der Waals surface area contributed by atoms with Gasteiger partial charge in [0.1, 0.15) is 5.75 Å². The number of allylic oxidation sites excluding steroid dienone is 2. The molecule has 3 rings (SSSR count). The van der Waals surface area contributed by atoms with Crippen molar-refractivity contribution in [2.45, 2.75) is 6.92 Å². The highest BCUT2D eigenvalue weighted by Crippen LogP contribution is 2.31. The first-order valence-corrected chi connectivity index (χ1v) is 9.28. The summed E-state index contributed by atoms with van der Waals surface area (Å²) in [6.45, 7) is 1.89.